The molecule has 0 spiro atoms. The van der Waals surface area contributed by atoms with Crippen LogP contribution in [0.25, 0.3) is 0 Å². The van der Waals surface area contributed by atoms with Gasteiger partial charge in [-0.1, -0.05) is 53.2 Å². The lowest BCUT2D eigenvalue weighted by Gasteiger charge is -2.68. The highest BCUT2D eigenvalue weighted by Crippen LogP contribution is 2.73. The number of ether oxygens (including phenoxy) is 1. The summed E-state index contributed by atoms with van der Waals surface area (Å²) < 4.78 is 5.40. The summed E-state index contributed by atoms with van der Waals surface area (Å²) in [5.74, 6) is 0.370. The van der Waals surface area contributed by atoms with Gasteiger partial charge in [-0.3, -0.25) is 14.4 Å². The van der Waals surface area contributed by atoms with Crippen molar-refractivity contribution in [1.82, 2.24) is 0 Å². The number of methoxy groups -OCH3 is 1. The molecule has 5 aliphatic carbocycles. The first-order chi connectivity index (χ1) is 15.8. The third-order valence-electron chi connectivity index (χ3n) is 11.9. The van der Waals surface area contributed by atoms with Gasteiger partial charge in [-0.25, -0.2) is 0 Å². The zero-order valence-corrected chi connectivity index (χ0v) is 22.1. The fraction of sp³-hybridized carbons (Fsp3) is 0.767. The van der Waals surface area contributed by atoms with Crippen molar-refractivity contribution in [2.75, 3.05) is 7.11 Å². The maximum absolute atomic E-state index is 14.2. The summed E-state index contributed by atoms with van der Waals surface area (Å²) in [4.78, 5) is 40.0. The molecule has 3 saturated carbocycles. The number of carbonyl (C=O) groups excluding carboxylic acids is 3. The van der Waals surface area contributed by atoms with Crippen LogP contribution < -0.4 is 0 Å². The molecule has 0 aromatic carbocycles. The number of hydrogen-bond acceptors (Lipinski definition) is 4. The Bertz CT molecular complexity index is 1020. The van der Waals surface area contributed by atoms with Crippen LogP contribution >= 0.6 is 0 Å². The fourth-order valence-corrected chi connectivity index (χ4v) is 9.56. The van der Waals surface area contributed by atoms with Crippen molar-refractivity contribution >= 4 is 17.5 Å². The first-order valence-electron chi connectivity index (χ1n) is 13.3. The van der Waals surface area contributed by atoms with Gasteiger partial charge in [0.15, 0.2) is 11.6 Å². The van der Waals surface area contributed by atoms with Crippen LogP contribution in [-0.4, -0.2) is 24.6 Å². The van der Waals surface area contributed by atoms with E-state index in [0.717, 1.165) is 44.9 Å². The van der Waals surface area contributed by atoms with Crippen molar-refractivity contribution in [2.24, 2.45) is 50.7 Å². The smallest absolute Gasteiger partial charge is 0.312 e. The van der Waals surface area contributed by atoms with E-state index >= 15 is 0 Å². The first-order valence-corrected chi connectivity index (χ1v) is 13.3. The van der Waals surface area contributed by atoms with E-state index in [0.29, 0.717) is 0 Å². The molecular formula is C30H42O4. The molecule has 0 N–H and O–H groups in total. The van der Waals surface area contributed by atoms with E-state index in [1.807, 2.05) is 6.08 Å². The summed E-state index contributed by atoms with van der Waals surface area (Å²) in [6.45, 7) is 13.6. The molecule has 2 unspecified atom stereocenters. The minimum atomic E-state index is -0.543. The van der Waals surface area contributed by atoms with Gasteiger partial charge in [0.25, 0.3) is 0 Å². The van der Waals surface area contributed by atoms with E-state index in [9.17, 15) is 14.4 Å². The second-order valence-electron chi connectivity index (χ2n) is 13.8. The van der Waals surface area contributed by atoms with E-state index in [2.05, 4.69) is 47.6 Å². The SMILES string of the molecule is COC(=O)[C@]12CCC(C)(C)CC1C1C(=O)C=C3[C@@]4(C)C=CC(=O)[C@@H](C)[C@@H]4CC[C@@]3(C)[C@]1(C)CC2. The zero-order valence-electron chi connectivity index (χ0n) is 22.1. The molecule has 0 aromatic heterocycles. The van der Waals surface area contributed by atoms with E-state index in [1.54, 1.807) is 6.08 Å². The highest BCUT2D eigenvalue weighted by Gasteiger charge is 2.70. The van der Waals surface area contributed by atoms with Crippen LogP contribution in [0.1, 0.15) is 86.5 Å². The van der Waals surface area contributed by atoms with Crippen LogP contribution in [0.2, 0.25) is 0 Å². The van der Waals surface area contributed by atoms with Crippen molar-refractivity contribution in [2.45, 2.75) is 86.5 Å². The molecule has 0 heterocycles. The molecule has 0 bridgehead atoms. The maximum atomic E-state index is 14.2. The van der Waals surface area contributed by atoms with Crippen LogP contribution in [0.4, 0.5) is 0 Å². The lowest BCUT2D eigenvalue weighted by Crippen LogP contribution is -2.65. The highest BCUT2D eigenvalue weighted by molar-refractivity contribution is 5.97. The fourth-order valence-electron chi connectivity index (χ4n) is 9.56. The summed E-state index contributed by atoms with van der Waals surface area (Å²) in [5.41, 5.74) is 0.181. The third-order valence-corrected chi connectivity index (χ3v) is 11.9. The van der Waals surface area contributed by atoms with Gasteiger partial charge in [0.1, 0.15) is 0 Å². The highest BCUT2D eigenvalue weighted by atomic mass is 16.5. The van der Waals surface area contributed by atoms with Gasteiger partial charge < -0.3 is 4.74 Å². The Morgan fingerprint density at radius 3 is 2.29 bits per heavy atom. The molecule has 0 aromatic rings. The van der Waals surface area contributed by atoms with Crippen molar-refractivity contribution in [1.29, 1.82) is 0 Å². The number of fused-ring (bicyclic) bond motifs is 7. The predicted molar refractivity (Wildman–Crippen MR) is 132 cm³/mol. The van der Waals surface area contributed by atoms with Crippen LogP contribution in [0.3, 0.4) is 0 Å². The predicted octanol–water partition coefficient (Wildman–Crippen LogP) is 6.10. The van der Waals surface area contributed by atoms with Gasteiger partial charge in [-0.2, -0.15) is 0 Å². The van der Waals surface area contributed by atoms with Gasteiger partial charge in [-0.15, -0.1) is 0 Å². The Morgan fingerprint density at radius 1 is 0.941 bits per heavy atom. The number of carbonyl (C=O) groups is 3. The standard InChI is InChI=1S/C30H42O4/c1-18-19-8-11-28(5)23(27(19,4)10-9-21(18)31)16-22(32)24-20-17-26(2,3)12-14-30(20,25(33)34-7)15-13-29(24,28)6/h9-10,16,18-20,24H,8,11-15,17H2,1-7H3/t18-,19-,20?,24?,27-,28+,29+,30-/m0/s1. The van der Waals surface area contributed by atoms with Crippen molar-refractivity contribution in [3.63, 3.8) is 0 Å². The zero-order chi connectivity index (χ0) is 24.9. The molecule has 5 aliphatic rings. The number of hydrogen-bond donors (Lipinski definition) is 0. The minimum absolute atomic E-state index is 0.0116. The lowest BCUT2D eigenvalue weighted by atomic mass is 9.35. The summed E-state index contributed by atoms with van der Waals surface area (Å²) in [5, 5.41) is 0. The summed E-state index contributed by atoms with van der Waals surface area (Å²) >= 11 is 0. The quantitative estimate of drug-likeness (QED) is 0.438. The Morgan fingerprint density at radius 2 is 1.62 bits per heavy atom. The largest absolute Gasteiger partial charge is 0.469 e. The Labute approximate surface area is 205 Å². The number of rotatable bonds is 1. The van der Waals surface area contributed by atoms with Crippen LogP contribution in [0.15, 0.2) is 23.8 Å². The summed E-state index contributed by atoms with van der Waals surface area (Å²) in [6, 6.07) is 0. The molecule has 8 atom stereocenters. The topological polar surface area (TPSA) is 60.4 Å². The molecular weight excluding hydrogens is 424 g/mol. The molecule has 0 saturated heterocycles. The molecule has 4 nitrogen and oxygen atoms in total. The average molecular weight is 467 g/mol. The molecule has 0 radical (unpaired) electrons. The molecule has 5 rings (SSSR count). The monoisotopic (exact) mass is 466 g/mol. The van der Waals surface area contributed by atoms with Gasteiger partial charge >= 0.3 is 5.97 Å². The van der Waals surface area contributed by atoms with Gasteiger partial charge in [0.2, 0.25) is 0 Å². The Hall–Kier alpha value is -1.71. The van der Waals surface area contributed by atoms with E-state index in [-0.39, 0.29) is 62.9 Å². The van der Waals surface area contributed by atoms with E-state index < -0.39 is 5.41 Å². The summed E-state index contributed by atoms with van der Waals surface area (Å²) in [6.07, 6.45) is 12.2. The van der Waals surface area contributed by atoms with Gasteiger partial charge in [0, 0.05) is 17.3 Å². The van der Waals surface area contributed by atoms with E-state index in [4.69, 9.17) is 4.74 Å². The van der Waals surface area contributed by atoms with Crippen LogP contribution in [-0.2, 0) is 19.1 Å². The second kappa shape index (κ2) is 7.17. The minimum Gasteiger partial charge on any atom is -0.469 e. The van der Waals surface area contributed by atoms with E-state index in [1.165, 1.54) is 12.7 Å². The second-order valence-corrected chi connectivity index (χ2v) is 13.8. The average Bonchev–Trinajstić information content (AvgIpc) is 2.77. The normalized spacial score (nSPS) is 49.2. The number of allylic oxidation sites excluding steroid dienone is 4. The van der Waals surface area contributed by atoms with Crippen LogP contribution in [0, 0.1) is 50.7 Å². The molecule has 0 aliphatic heterocycles. The van der Waals surface area contributed by atoms with Crippen LogP contribution in [0.5, 0.6) is 0 Å². The van der Waals surface area contributed by atoms with Gasteiger partial charge in [0.05, 0.1) is 12.5 Å². The molecule has 0 amide bonds. The molecule has 34 heavy (non-hydrogen) atoms. The molecule has 4 heteroatoms. The Balaban J connectivity index is 1.67. The molecule has 186 valence electrons. The number of esters is 1. The summed E-state index contributed by atoms with van der Waals surface area (Å²) in [7, 11) is 1.50. The van der Waals surface area contributed by atoms with Crippen molar-refractivity contribution < 1.29 is 19.1 Å². The van der Waals surface area contributed by atoms with Gasteiger partial charge in [-0.05, 0) is 85.2 Å². The molecule has 3 fully saturated rings. The van der Waals surface area contributed by atoms with Crippen molar-refractivity contribution in [3.05, 3.63) is 23.8 Å². The first kappa shape index (κ1) is 24.0. The maximum Gasteiger partial charge on any atom is 0.312 e. The number of ketones is 2. The third kappa shape index (κ3) is 2.80. The Kier molecular flexibility index (Phi) is 5.06. The lowest BCUT2D eigenvalue weighted by molar-refractivity contribution is -0.190. The van der Waals surface area contributed by atoms with Crippen molar-refractivity contribution in [3.8, 4) is 0 Å².